The second-order valence-electron chi connectivity index (χ2n) is 5.43. The molecule has 5 heteroatoms. The van der Waals surface area contributed by atoms with Crippen molar-refractivity contribution in [2.24, 2.45) is 0 Å². The predicted octanol–water partition coefficient (Wildman–Crippen LogP) is 1.07. The fraction of sp³-hybridized carbons (Fsp3) is 0.786. The van der Waals surface area contributed by atoms with Gasteiger partial charge in [-0.2, -0.15) is 0 Å². The van der Waals surface area contributed by atoms with Gasteiger partial charge in [0.05, 0.1) is 24.4 Å². The van der Waals surface area contributed by atoms with Crippen molar-refractivity contribution in [3.05, 3.63) is 11.8 Å². The van der Waals surface area contributed by atoms with E-state index in [2.05, 4.69) is 4.90 Å². The van der Waals surface area contributed by atoms with Crippen LogP contribution in [0, 0.1) is 0 Å². The van der Waals surface area contributed by atoms with Gasteiger partial charge >= 0.3 is 5.97 Å². The number of cyclic esters (lactones) is 1. The summed E-state index contributed by atoms with van der Waals surface area (Å²) in [5, 5.41) is 10.2. The van der Waals surface area contributed by atoms with E-state index in [0.29, 0.717) is 13.0 Å². The molecule has 0 saturated carbocycles. The Bertz CT molecular complexity index is 382. The summed E-state index contributed by atoms with van der Waals surface area (Å²) in [6, 6.07) is 0.258. The molecule has 1 saturated heterocycles. The van der Waals surface area contributed by atoms with Crippen LogP contribution in [0.1, 0.15) is 33.1 Å². The predicted molar refractivity (Wildman–Crippen MR) is 70.5 cm³/mol. The molecule has 108 valence electrons. The molecule has 0 aliphatic carbocycles. The Balaban J connectivity index is 2.25. The number of ether oxygens (including phenoxy) is 2. The maximum Gasteiger partial charge on any atom is 0.333 e. The van der Waals surface area contributed by atoms with Gasteiger partial charge in [-0.3, -0.25) is 0 Å². The third-order valence-corrected chi connectivity index (χ3v) is 4.14. The molecule has 0 spiro atoms. The quantitative estimate of drug-likeness (QED) is 0.757. The van der Waals surface area contributed by atoms with E-state index in [1.165, 1.54) is 6.08 Å². The van der Waals surface area contributed by atoms with E-state index in [-0.39, 0.29) is 12.0 Å². The average molecular weight is 269 g/mol. The Kier molecular flexibility index (Phi) is 4.16. The minimum atomic E-state index is -0.928. The molecule has 2 rings (SSSR count). The monoisotopic (exact) mass is 269 g/mol. The van der Waals surface area contributed by atoms with Gasteiger partial charge in [-0.05, 0) is 26.2 Å². The summed E-state index contributed by atoms with van der Waals surface area (Å²) in [5.74, 6) is -0.368. The topological polar surface area (TPSA) is 59.0 Å². The molecule has 19 heavy (non-hydrogen) atoms. The van der Waals surface area contributed by atoms with Gasteiger partial charge in [0.1, 0.15) is 0 Å². The summed E-state index contributed by atoms with van der Waals surface area (Å²) in [5.41, 5.74) is -0.131. The van der Waals surface area contributed by atoms with Crippen LogP contribution in [0.2, 0.25) is 0 Å². The van der Waals surface area contributed by atoms with E-state index in [4.69, 9.17) is 9.47 Å². The Morgan fingerprint density at radius 3 is 3.05 bits per heavy atom. The smallest absolute Gasteiger partial charge is 0.333 e. The third-order valence-electron chi connectivity index (χ3n) is 4.14. The first kappa shape index (κ1) is 14.3. The largest absolute Gasteiger partial charge is 0.447 e. The molecule has 1 N–H and O–H groups in total. The number of carbonyl (C=O) groups excluding carboxylic acids is 1. The molecule has 2 heterocycles. The lowest BCUT2D eigenvalue weighted by molar-refractivity contribution is -0.155. The number of methoxy groups -OCH3 is 1. The third kappa shape index (κ3) is 2.49. The van der Waals surface area contributed by atoms with Crippen molar-refractivity contribution in [2.45, 2.75) is 50.9 Å². The molecule has 0 aromatic heterocycles. The fourth-order valence-corrected chi connectivity index (χ4v) is 3.06. The number of aliphatic hydroxyl groups excluding tert-OH is 1. The molecule has 0 bridgehead atoms. The number of likely N-dealkylation sites (tertiary alicyclic amines) is 1. The maximum atomic E-state index is 11.6. The van der Waals surface area contributed by atoms with Crippen molar-refractivity contribution in [1.29, 1.82) is 0 Å². The van der Waals surface area contributed by atoms with Gasteiger partial charge in [-0.25, -0.2) is 4.79 Å². The Hall–Kier alpha value is -1.07. The number of carbonyl (C=O) groups is 1. The SMILES string of the molecule is CC[C@H](O)[C@@]1(C)OC(=O)C=C1N1CCC[C@H]1COC. The first-order valence-corrected chi connectivity index (χ1v) is 6.91. The Morgan fingerprint density at radius 2 is 2.42 bits per heavy atom. The molecule has 0 radical (unpaired) electrons. The average Bonchev–Trinajstić information content (AvgIpc) is 2.94. The van der Waals surface area contributed by atoms with Gasteiger partial charge in [0.25, 0.3) is 0 Å². The second-order valence-corrected chi connectivity index (χ2v) is 5.43. The lowest BCUT2D eigenvalue weighted by Gasteiger charge is -2.38. The van der Waals surface area contributed by atoms with Gasteiger partial charge in [0, 0.05) is 19.7 Å². The van der Waals surface area contributed by atoms with Crippen LogP contribution < -0.4 is 0 Å². The van der Waals surface area contributed by atoms with Crippen molar-refractivity contribution in [2.75, 3.05) is 20.3 Å². The van der Waals surface area contributed by atoms with E-state index >= 15 is 0 Å². The van der Waals surface area contributed by atoms with E-state index in [1.807, 2.05) is 6.92 Å². The van der Waals surface area contributed by atoms with Crippen LogP contribution in [-0.2, 0) is 14.3 Å². The van der Waals surface area contributed by atoms with Gasteiger partial charge in [0.2, 0.25) is 0 Å². The minimum absolute atomic E-state index is 0.258. The van der Waals surface area contributed by atoms with Crippen LogP contribution >= 0.6 is 0 Å². The number of esters is 1. The maximum absolute atomic E-state index is 11.6. The molecule has 1 fully saturated rings. The summed E-state index contributed by atoms with van der Waals surface area (Å²) in [6.45, 7) is 5.18. The minimum Gasteiger partial charge on any atom is -0.447 e. The summed E-state index contributed by atoms with van der Waals surface area (Å²) >= 11 is 0. The second kappa shape index (κ2) is 5.51. The van der Waals surface area contributed by atoms with Gasteiger partial charge in [0.15, 0.2) is 5.60 Å². The molecular formula is C14H23NO4. The lowest BCUT2D eigenvalue weighted by atomic mass is 9.92. The van der Waals surface area contributed by atoms with Gasteiger partial charge in [-0.1, -0.05) is 6.92 Å². The van der Waals surface area contributed by atoms with Crippen molar-refractivity contribution in [3.8, 4) is 0 Å². The highest BCUT2D eigenvalue weighted by Crippen LogP contribution is 2.38. The van der Waals surface area contributed by atoms with Crippen molar-refractivity contribution in [3.63, 3.8) is 0 Å². The Morgan fingerprint density at radius 1 is 1.68 bits per heavy atom. The zero-order valence-electron chi connectivity index (χ0n) is 11.9. The van der Waals surface area contributed by atoms with Crippen molar-refractivity contribution >= 4 is 5.97 Å². The van der Waals surface area contributed by atoms with Crippen LogP contribution in [0.5, 0.6) is 0 Å². The molecule has 3 atom stereocenters. The number of aliphatic hydroxyl groups is 1. The summed E-state index contributed by atoms with van der Waals surface area (Å²) in [4.78, 5) is 13.8. The van der Waals surface area contributed by atoms with Crippen molar-refractivity contribution in [1.82, 2.24) is 4.90 Å². The first-order chi connectivity index (χ1) is 9.02. The normalized spacial score (nSPS) is 32.4. The van der Waals surface area contributed by atoms with Crippen LogP contribution in [0.4, 0.5) is 0 Å². The Labute approximate surface area is 114 Å². The summed E-state index contributed by atoms with van der Waals surface area (Å²) in [6.07, 6.45) is 3.49. The first-order valence-electron chi connectivity index (χ1n) is 6.91. The van der Waals surface area contributed by atoms with Gasteiger partial charge < -0.3 is 19.5 Å². The highest BCUT2D eigenvalue weighted by Gasteiger charge is 2.48. The molecule has 0 unspecified atom stereocenters. The zero-order valence-corrected chi connectivity index (χ0v) is 11.9. The molecule has 2 aliphatic rings. The molecule has 5 nitrogen and oxygen atoms in total. The van der Waals surface area contributed by atoms with E-state index in [0.717, 1.165) is 25.1 Å². The number of rotatable bonds is 5. The van der Waals surface area contributed by atoms with E-state index in [1.54, 1.807) is 14.0 Å². The molecule has 2 aliphatic heterocycles. The van der Waals surface area contributed by atoms with Gasteiger partial charge in [-0.15, -0.1) is 0 Å². The molecule has 0 amide bonds. The number of hydrogen-bond donors (Lipinski definition) is 1. The zero-order chi connectivity index (χ0) is 14.0. The number of hydrogen-bond acceptors (Lipinski definition) is 5. The molecule has 0 aromatic rings. The molecular weight excluding hydrogens is 246 g/mol. The standard InChI is InChI=1S/C14H23NO4/c1-4-12(16)14(2)11(8-13(17)19-14)15-7-5-6-10(15)9-18-3/h8,10,12,16H,4-7,9H2,1-3H3/t10-,12-,14-/m0/s1. The number of nitrogens with zero attached hydrogens (tertiary/aromatic N) is 1. The summed E-state index contributed by atoms with van der Waals surface area (Å²) in [7, 11) is 1.68. The van der Waals surface area contributed by atoms with Crippen LogP contribution in [0.3, 0.4) is 0 Å². The highest BCUT2D eigenvalue weighted by atomic mass is 16.6. The van der Waals surface area contributed by atoms with Crippen LogP contribution in [0.25, 0.3) is 0 Å². The fourth-order valence-electron chi connectivity index (χ4n) is 3.06. The van der Waals surface area contributed by atoms with E-state index in [9.17, 15) is 9.90 Å². The van der Waals surface area contributed by atoms with Crippen LogP contribution in [-0.4, -0.2) is 54.0 Å². The van der Waals surface area contributed by atoms with Crippen LogP contribution in [0.15, 0.2) is 11.8 Å². The van der Waals surface area contributed by atoms with E-state index < -0.39 is 11.7 Å². The lowest BCUT2D eigenvalue weighted by Crippen LogP contribution is -2.48. The summed E-state index contributed by atoms with van der Waals surface area (Å²) < 4.78 is 10.6. The van der Waals surface area contributed by atoms with Crippen molar-refractivity contribution < 1.29 is 19.4 Å². The molecule has 0 aromatic carbocycles. The highest BCUT2D eigenvalue weighted by molar-refractivity contribution is 5.86.